The first-order valence-electron chi connectivity index (χ1n) is 5.89. The van der Waals surface area contributed by atoms with Crippen molar-refractivity contribution in [2.24, 2.45) is 0 Å². The highest BCUT2D eigenvalue weighted by molar-refractivity contribution is 5.82. The number of furan rings is 1. The van der Waals surface area contributed by atoms with Gasteiger partial charge in [0.1, 0.15) is 11.3 Å². The molecule has 2 rings (SSSR count). The van der Waals surface area contributed by atoms with Gasteiger partial charge in [0.2, 0.25) is 0 Å². The van der Waals surface area contributed by atoms with Crippen LogP contribution in [-0.2, 0) is 4.74 Å². The molecule has 0 aliphatic heterocycles. The molecule has 1 aromatic carbocycles. The highest BCUT2D eigenvalue weighted by Crippen LogP contribution is 2.32. The van der Waals surface area contributed by atoms with Crippen molar-refractivity contribution in [1.82, 2.24) is 0 Å². The number of fused-ring (bicyclic) bond motifs is 1. The zero-order chi connectivity index (χ0) is 12.3. The Labute approximate surface area is 101 Å². The summed E-state index contributed by atoms with van der Waals surface area (Å²) in [5.74, 6) is 0.802. The highest BCUT2D eigenvalue weighted by Gasteiger charge is 2.17. The first-order chi connectivity index (χ1) is 8.24. The smallest absolute Gasteiger partial charge is 0.134 e. The highest BCUT2D eigenvalue weighted by atomic mass is 16.5. The Hall–Kier alpha value is -1.32. The fourth-order valence-electron chi connectivity index (χ4n) is 2.17. The molecule has 1 unspecified atom stereocenters. The largest absolute Gasteiger partial charge is 0.461 e. The maximum atomic E-state index is 10.2. The van der Waals surface area contributed by atoms with Crippen LogP contribution in [0.3, 0.4) is 0 Å². The van der Waals surface area contributed by atoms with Crippen LogP contribution >= 0.6 is 0 Å². The predicted molar refractivity (Wildman–Crippen MR) is 67.0 cm³/mol. The van der Waals surface area contributed by atoms with Crippen LogP contribution in [-0.4, -0.2) is 18.8 Å². The Bertz CT molecular complexity index is 487. The van der Waals surface area contributed by atoms with Gasteiger partial charge >= 0.3 is 0 Å². The third kappa shape index (κ3) is 2.51. The van der Waals surface area contributed by atoms with Gasteiger partial charge < -0.3 is 14.3 Å². The SMILES string of the molecule is COCCCC(O)c1c(C)oc2ccccc12. The fraction of sp³-hybridized carbons (Fsp3) is 0.429. The van der Waals surface area contributed by atoms with Gasteiger partial charge in [0.25, 0.3) is 0 Å². The van der Waals surface area contributed by atoms with Gasteiger partial charge in [-0.2, -0.15) is 0 Å². The number of aliphatic hydroxyl groups is 1. The minimum absolute atomic E-state index is 0.478. The molecule has 0 fully saturated rings. The average molecular weight is 234 g/mol. The van der Waals surface area contributed by atoms with Gasteiger partial charge in [0, 0.05) is 24.7 Å². The lowest BCUT2D eigenvalue weighted by Crippen LogP contribution is -2.00. The normalized spacial score (nSPS) is 13.1. The van der Waals surface area contributed by atoms with E-state index in [4.69, 9.17) is 9.15 Å². The van der Waals surface area contributed by atoms with Gasteiger partial charge in [-0.3, -0.25) is 0 Å². The van der Waals surface area contributed by atoms with Crippen LogP contribution in [0.5, 0.6) is 0 Å². The van der Waals surface area contributed by atoms with E-state index in [2.05, 4.69) is 0 Å². The minimum Gasteiger partial charge on any atom is -0.461 e. The van der Waals surface area contributed by atoms with Crippen molar-refractivity contribution in [2.75, 3.05) is 13.7 Å². The van der Waals surface area contributed by atoms with E-state index < -0.39 is 6.10 Å². The average Bonchev–Trinajstić information content (AvgIpc) is 2.65. The predicted octanol–water partition coefficient (Wildman–Crippen LogP) is 3.20. The number of hydrogen-bond acceptors (Lipinski definition) is 3. The molecule has 3 nitrogen and oxygen atoms in total. The third-order valence-electron chi connectivity index (χ3n) is 2.98. The molecule has 1 heterocycles. The van der Waals surface area contributed by atoms with E-state index in [1.807, 2.05) is 31.2 Å². The second kappa shape index (κ2) is 5.34. The molecule has 1 N–H and O–H groups in total. The molecule has 2 aromatic rings. The van der Waals surface area contributed by atoms with E-state index in [1.165, 1.54) is 0 Å². The van der Waals surface area contributed by atoms with E-state index in [-0.39, 0.29) is 0 Å². The summed E-state index contributed by atoms with van der Waals surface area (Å²) in [6.45, 7) is 2.57. The lowest BCUT2D eigenvalue weighted by atomic mass is 10.0. The summed E-state index contributed by atoms with van der Waals surface area (Å²) in [5.41, 5.74) is 1.75. The number of ether oxygens (including phenoxy) is 1. The molecule has 0 spiro atoms. The molecule has 0 bridgehead atoms. The Morgan fingerprint density at radius 2 is 2.12 bits per heavy atom. The molecule has 0 aliphatic carbocycles. The number of methoxy groups -OCH3 is 1. The molecule has 92 valence electrons. The van der Waals surface area contributed by atoms with Crippen molar-refractivity contribution in [3.05, 3.63) is 35.6 Å². The molecular weight excluding hydrogens is 216 g/mol. The van der Waals surface area contributed by atoms with E-state index >= 15 is 0 Å². The summed E-state index contributed by atoms with van der Waals surface area (Å²) in [6, 6.07) is 7.81. The van der Waals surface area contributed by atoms with Crippen molar-refractivity contribution in [3.63, 3.8) is 0 Å². The zero-order valence-electron chi connectivity index (χ0n) is 10.3. The lowest BCUT2D eigenvalue weighted by molar-refractivity contribution is 0.136. The summed E-state index contributed by atoms with van der Waals surface area (Å²) in [4.78, 5) is 0. The lowest BCUT2D eigenvalue weighted by Gasteiger charge is -2.09. The Morgan fingerprint density at radius 1 is 1.35 bits per heavy atom. The Balaban J connectivity index is 2.24. The molecule has 0 radical (unpaired) electrons. The van der Waals surface area contributed by atoms with Gasteiger partial charge in [-0.05, 0) is 25.8 Å². The van der Waals surface area contributed by atoms with Gasteiger partial charge in [-0.1, -0.05) is 18.2 Å². The monoisotopic (exact) mass is 234 g/mol. The molecule has 0 saturated carbocycles. The molecule has 0 amide bonds. The van der Waals surface area contributed by atoms with E-state index in [9.17, 15) is 5.11 Å². The number of rotatable bonds is 5. The maximum Gasteiger partial charge on any atom is 0.134 e. The summed E-state index contributed by atoms with van der Waals surface area (Å²) in [7, 11) is 1.67. The number of para-hydroxylation sites is 1. The number of aryl methyl sites for hydroxylation is 1. The van der Waals surface area contributed by atoms with Crippen molar-refractivity contribution in [2.45, 2.75) is 25.9 Å². The number of hydrogen-bond donors (Lipinski definition) is 1. The minimum atomic E-state index is -0.478. The fourth-order valence-corrected chi connectivity index (χ4v) is 2.17. The summed E-state index contributed by atoms with van der Waals surface area (Å²) in [6.07, 6.45) is 1.06. The van der Waals surface area contributed by atoms with Crippen molar-refractivity contribution in [3.8, 4) is 0 Å². The van der Waals surface area contributed by atoms with Crippen molar-refractivity contribution < 1.29 is 14.3 Å². The van der Waals surface area contributed by atoms with Crippen LogP contribution in [0, 0.1) is 6.92 Å². The molecule has 1 atom stereocenters. The molecule has 1 aromatic heterocycles. The molecular formula is C14H18O3. The van der Waals surface area contributed by atoms with Gasteiger partial charge in [-0.15, -0.1) is 0 Å². The second-order valence-electron chi connectivity index (χ2n) is 4.22. The maximum absolute atomic E-state index is 10.2. The summed E-state index contributed by atoms with van der Waals surface area (Å²) >= 11 is 0. The quantitative estimate of drug-likeness (QED) is 0.808. The Morgan fingerprint density at radius 3 is 2.88 bits per heavy atom. The summed E-state index contributed by atoms with van der Waals surface area (Å²) in [5, 5.41) is 11.2. The molecule has 0 aliphatic rings. The van der Waals surface area contributed by atoms with Crippen LogP contribution in [0.4, 0.5) is 0 Å². The van der Waals surface area contributed by atoms with E-state index in [1.54, 1.807) is 7.11 Å². The number of aliphatic hydroxyl groups excluding tert-OH is 1. The number of benzene rings is 1. The van der Waals surface area contributed by atoms with E-state index in [0.29, 0.717) is 13.0 Å². The third-order valence-corrected chi connectivity index (χ3v) is 2.98. The summed E-state index contributed by atoms with van der Waals surface area (Å²) < 4.78 is 10.6. The van der Waals surface area contributed by atoms with Crippen LogP contribution in [0.2, 0.25) is 0 Å². The molecule has 3 heteroatoms. The second-order valence-corrected chi connectivity index (χ2v) is 4.22. The van der Waals surface area contributed by atoms with Gasteiger partial charge in [-0.25, -0.2) is 0 Å². The molecule has 17 heavy (non-hydrogen) atoms. The van der Waals surface area contributed by atoms with Crippen LogP contribution in [0.15, 0.2) is 28.7 Å². The van der Waals surface area contributed by atoms with Crippen LogP contribution in [0.1, 0.15) is 30.3 Å². The van der Waals surface area contributed by atoms with E-state index in [0.717, 1.165) is 28.7 Å². The first-order valence-corrected chi connectivity index (χ1v) is 5.89. The van der Waals surface area contributed by atoms with Crippen molar-refractivity contribution >= 4 is 11.0 Å². The molecule has 0 saturated heterocycles. The van der Waals surface area contributed by atoms with Crippen molar-refractivity contribution in [1.29, 1.82) is 0 Å². The van der Waals surface area contributed by atoms with Crippen LogP contribution < -0.4 is 0 Å². The van der Waals surface area contributed by atoms with Gasteiger partial charge in [0.15, 0.2) is 0 Å². The van der Waals surface area contributed by atoms with Crippen LogP contribution in [0.25, 0.3) is 11.0 Å². The topological polar surface area (TPSA) is 42.6 Å². The Kier molecular flexibility index (Phi) is 3.82. The van der Waals surface area contributed by atoms with Gasteiger partial charge in [0.05, 0.1) is 6.10 Å². The first kappa shape index (κ1) is 12.1. The zero-order valence-corrected chi connectivity index (χ0v) is 10.3. The standard InChI is InChI=1S/C14H18O3/c1-10-14(12(15)7-5-9-16-2)11-6-3-4-8-13(11)17-10/h3-4,6,8,12,15H,5,7,9H2,1-2H3.